The Morgan fingerprint density at radius 2 is 1.47 bits per heavy atom. The summed E-state index contributed by atoms with van der Waals surface area (Å²) in [5, 5.41) is 11.9. The lowest BCUT2D eigenvalue weighted by atomic mass is 9.99. The van der Waals surface area contributed by atoms with Crippen molar-refractivity contribution in [1.82, 2.24) is 0 Å². The molecule has 0 unspecified atom stereocenters. The molecule has 0 spiro atoms. The molecule has 0 bridgehead atoms. The summed E-state index contributed by atoms with van der Waals surface area (Å²) in [6, 6.07) is 19.3. The second-order valence-electron chi connectivity index (χ2n) is 4.45. The molecule has 0 amide bonds. The number of benzene rings is 3. The van der Waals surface area contributed by atoms with Gasteiger partial charge >= 0.3 is 0 Å². The smallest absolute Gasteiger partial charge is 0.153 e. The van der Waals surface area contributed by atoms with E-state index in [0.717, 1.165) is 16.5 Å². The second kappa shape index (κ2) is 4.58. The van der Waals surface area contributed by atoms with Crippen LogP contribution >= 0.6 is 0 Å². The maximum atomic E-state index is 10.9. The predicted molar refractivity (Wildman–Crippen MR) is 76.4 cm³/mol. The lowest BCUT2D eigenvalue weighted by Crippen LogP contribution is -1.84. The van der Waals surface area contributed by atoms with Gasteiger partial charge in [-0.1, -0.05) is 42.5 Å². The molecule has 2 heteroatoms. The van der Waals surface area contributed by atoms with Crippen LogP contribution in [0, 0.1) is 0 Å². The average molecular weight is 248 g/mol. The number of hydrogen-bond acceptors (Lipinski definition) is 2. The Bertz CT molecular complexity index is 760. The highest BCUT2D eigenvalue weighted by molar-refractivity contribution is 5.89. The molecule has 3 aromatic carbocycles. The van der Waals surface area contributed by atoms with E-state index in [-0.39, 0.29) is 5.75 Å². The van der Waals surface area contributed by atoms with E-state index in [1.807, 2.05) is 24.3 Å². The fraction of sp³-hybridized carbons (Fsp3) is 0. The summed E-state index contributed by atoms with van der Waals surface area (Å²) in [4.78, 5) is 10.9. The maximum absolute atomic E-state index is 10.9. The lowest BCUT2D eigenvalue weighted by Gasteiger charge is -2.06. The first-order chi connectivity index (χ1) is 9.28. The van der Waals surface area contributed by atoms with Crippen LogP contribution in [0.5, 0.6) is 5.75 Å². The van der Waals surface area contributed by atoms with Gasteiger partial charge in [-0.25, -0.2) is 0 Å². The van der Waals surface area contributed by atoms with Crippen LogP contribution in [-0.2, 0) is 0 Å². The van der Waals surface area contributed by atoms with Gasteiger partial charge in [-0.15, -0.1) is 0 Å². The molecule has 0 fully saturated rings. The van der Waals surface area contributed by atoms with Crippen molar-refractivity contribution in [2.24, 2.45) is 0 Å². The fourth-order valence-electron chi connectivity index (χ4n) is 2.20. The van der Waals surface area contributed by atoms with Crippen LogP contribution in [0.2, 0.25) is 0 Å². The standard InChI is InChI=1S/C17H12O2/c18-11-16-10-15(7-8-17(16)19)14-6-5-12-3-1-2-4-13(12)9-14/h1-11,19H. The first-order valence-corrected chi connectivity index (χ1v) is 6.05. The predicted octanol–water partition coefficient (Wildman–Crippen LogP) is 4.02. The highest BCUT2D eigenvalue weighted by atomic mass is 16.3. The molecule has 0 aliphatic carbocycles. The number of carbonyl (C=O) groups excluding carboxylic acids is 1. The third kappa shape index (κ3) is 2.08. The maximum Gasteiger partial charge on any atom is 0.153 e. The lowest BCUT2D eigenvalue weighted by molar-refractivity contribution is 0.112. The van der Waals surface area contributed by atoms with E-state index in [0.29, 0.717) is 11.8 Å². The zero-order chi connectivity index (χ0) is 13.2. The molecule has 1 N–H and O–H groups in total. The van der Waals surface area contributed by atoms with Crippen molar-refractivity contribution >= 4 is 17.1 Å². The summed E-state index contributed by atoms with van der Waals surface area (Å²) >= 11 is 0. The van der Waals surface area contributed by atoms with Gasteiger partial charge in [-0.05, 0) is 40.1 Å². The van der Waals surface area contributed by atoms with Crippen molar-refractivity contribution in [3.05, 3.63) is 66.2 Å². The van der Waals surface area contributed by atoms with Gasteiger partial charge in [0.05, 0.1) is 5.56 Å². The first kappa shape index (κ1) is 11.5. The van der Waals surface area contributed by atoms with Crippen LogP contribution in [0.1, 0.15) is 10.4 Å². The Balaban J connectivity index is 2.16. The molecule has 0 aliphatic rings. The van der Waals surface area contributed by atoms with E-state index in [1.54, 1.807) is 12.1 Å². The number of carbonyl (C=O) groups is 1. The topological polar surface area (TPSA) is 37.3 Å². The number of rotatable bonds is 2. The van der Waals surface area contributed by atoms with E-state index >= 15 is 0 Å². The molecular weight excluding hydrogens is 236 g/mol. The first-order valence-electron chi connectivity index (χ1n) is 6.05. The molecule has 0 saturated carbocycles. The number of aldehydes is 1. The van der Waals surface area contributed by atoms with Crippen molar-refractivity contribution in [3.8, 4) is 16.9 Å². The molecule has 19 heavy (non-hydrogen) atoms. The minimum atomic E-state index is 0.0135. The third-order valence-electron chi connectivity index (χ3n) is 3.24. The van der Waals surface area contributed by atoms with E-state index < -0.39 is 0 Å². The number of aromatic hydroxyl groups is 1. The van der Waals surface area contributed by atoms with E-state index in [9.17, 15) is 9.90 Å². The van der Waals surface area contributed by atoms with Gasteiger partial charge < -0.3 is 5.11 Å². The Morgan fingerprint density at radius 1 is 0.789 bits per heavy atom. The molecule has 0 saturated heterocycles. The zero-order valence-electron chi connectivity index (χ0n) is 10.2. The monoisotopic (exact) mass is 248 g/mol. The van der Waals surface area contributed by atoms with Crippen molar-refractivity contribution < 1.29 is 9.90 Å². The van der Waals surface area contributed by atoms with Crippen LogP contribution in [0.25, 0.3) is 21.9 Å². The molecule has 3 aromatic rings. The van der Waals surface area contributed by atoms with Gasteiger partial charge in [0.15, 0.2) is 6.29 Å². The highest BCUT2D eigenvalue weighted by Crippen LogP contribution is 2.27. The molecular formula is C17H12O2. The van der Waals surface area contributed by atoms with Crippen LogP contribution < -0.4 is 0 Å². The molecule has 0 aromatic heterocycles. The minimum absolute atomic E-state index is 0.0135. The fourth-order valence-corrected chi connectivity index (χ4v) is 2.20. The van der Waals surface area contributed by atoms with Crippen molar-refractivity contribution in [2.45, 2.75) is 0 Å². The zero-order valence-corrected chi connectivity index (χ0v) is 10.2. The number of phenols is 1. The van der Waals surface area contributed by atoms with Gasteiger partial charge in [0.25, 0.3) is 0 Å². The van der Waals surface area contributed by atoms with Crippen LogP contribution in [0.4, 0.5) is 0 Å². The Morgan fingerprint density at radius 3 is 2.26 bits per heavy atom. The molecule has 92 valence electrons. The van der Waals surface area contributed by atoms with E-state index in [4.69, 9.17) is 0 Å². The van der Waals surface area contributed by atoms with E-state index in [1.165, 1.54) is 5.39 Å². The van der Waals surface area contributed by atoms with Crippen molar-refractivity contribution in [1.29, 1.82) is 0 Å². The Labute approximate surface area is 110 Å². The van der Waals surface area contributed by atoms with Gasteiger partial charge in [-0.2, -0.15) is 0 Å². The van der Waals surface area contributed by atoms with Gasteiger partial charge in [-0.3, -0.25) is 4.79 Å². The Hall–Kier alpha value is -2.61. The van der Waals surface area contributed by atoms with Gasteiger partial charge in [0.2, 0.25) is 0 Å². The van der Waals surface area contributed by atoms with Gasteiger partial charge in [0, 0.05) is 0 Å². The normalized spacial score (nSPS) is 10.5. The molecule has 0 radical (unpaired) electrons. The van der Waals surface area contributed by atoms with Gasteiger partial charge in [0.1, 0.15) is 5.75 Å². The molecule has 0 atom stereocenters. The quantitative estimate of drug-likeness (QED) is 0.695. The van der Waals surface area contributed by atoms with E-state index in [2.05, 4.69) is 24.3 Å². The second-order valence-corrected chi connectivity index (χ2v) is 4.45. The number of phenolic OH excluding ortho intramolecular Hbond substituents is 1. The third-order valence-corrected chi connectivity index (χ3v) is 3.24. The van der Waals surface area contributed by atoms with Crippen molar-refractivity contribution in [3.63, 3.8) is 0 Å². The summed E-state index contributed by atoms with van der Waals surface area (Å²) in [5.74, 6) is 0.0135. The molecule has 0 aliphatic heterocycles. The number of fused-ring (bicyclic) bond motifs is 1. The van der Waals surface area contributed by atoms with Crippen LogP contribution in [0.3, 0.4) is 0 Å². The van der Waals surface area contributed by atoms with Crippen molar-refractivity contribution in [2.75, 3.05) is 0 Å². The molecule has 0 heterocycles. The van der Waals surface area contributed by atoms with Crippen LogP contribution in [0.15, 0.2) is 60.7 Å². The SMILES string of the molecule is O=Cc1cc(-c2ccc3ccccc3c2)ccc1O. The van der Waals surface area contributed by atoms with Crippen LogP contribution in [-0.4, -0.2) is 11.4 Å². The summed E-state index contributed by atoms with van der Waals surface area (Å²) in [6.45, 7) is 0. The average Bonchev–Trinajstić information content (AvgIpc) is 2.47. The summed E-state index contributed by atoms with van der Waals surface area (Å²) < 4.78 is 0. The summed E-state index contributed by atoms with van der Waals surface area (Å²) in [5.41, 5.74) is 2.26. The Kier molecular flexibility index (Phi) is 2.76. The largest absolute Gasteiger partial charge is 0.507 e. The minimum Gasteiger partial charge on any atom is -0.507 e. The highest BCUT2D eigenvalue weighted by Gasteiger charge is 2.04. The molecule has 3 rings (SSSR count). The summed E-state index contributed by atoms with van der Waals surface area (Å²) in [6.07, 6.45) is 0.667. The molecule has 2 nitrogen and oxygen atoms in total. The number of hydrogen-bond donors (Lipinski definition) is 1. The summed E-state index contributed by atoms with van der Waals surface area (Å²) in [7, 11) is 0.